The maximum atomic E-state index is 12.0. The van der Waals surface area contributed by atoms with Crippen LogP contribution in [0.5, 0.6) is 0 Å². The van der Waals surface area contributed by atoms with E-state index in [0.29, 0.717) is 30.5 Å². The Bertz CT molecular complexity index is 899. The number of nitrogens with one attached hydrogen (secondary N) is 2. The van der Waals surface area contributed by atoms with Gasteiger partial charge in [0.05, 0.1) is 17.3 Å². The van der Waals surface area contributed by atoms with Crippen molar-refractivity contribution in [2.45, 2.75) is 25.7 Å². The second-order valence-electron chi connectivity index (χ2n) is 6.23. The fourth-order valence-corrected chi connectivity index (χ4v) is 3.03. The number of carboxylic acids is 1. The van der Waals surface area contributed by atoms with E-state index < -0.39 is 5.97 Å². The fourth-order valence-electron chi connectivity index (χ4n) is 2.56. The Kier molecular flexibility index (Phi) is 9.04. The molecule has 0 aliphatic heterocycles. The SMILES string of the molecule is O=C(CCCCCNC(=O)c1ccccc1Br)NN=Cc1ccccc1C(=O)O. The first-order valence-corrected chi connectivity index (χ1v) is 9.95. The van der Waals surface area contributed by atoms with Gasteiger partial charge in [0.1, 0.15) is 0 Å². The third-order valence-electron chi connectivity index (χ3n) is 4.07. The van der Waals surface area contributed by atoms with Crippen LogP contribution < -0.4 is 10.7 Å². The maximum absolute atomic E-state index is 12.0. The first kappa shape index (κ1) is 22.3. The number of rotatable bonds is 10. The number of carboxylic acid groups (broad SMARTS) is 1. The first-order chi connectivity index (χ1) is 14.0. The minimum Gasteiger partial charge on any atom is -0.478 e. The van der Waals surface area contributed by atoms with Gasteiger partial charge in [0.15, 0.2) is 0 Å². The smallest absolute Gasteiger partial charge is 0.336 e. The summed E-state index contributed by atoms with van der Waals surface area (Å²) in [5.41, 5.74) is 3.53. The number of unbranched alkanes of at least 4 members (excludes halogenated alkanes) is 2. The number of amides is 2. The number of aromatic carboxylic acids is 1. The van der Waals surface area contributed by atoms with Crippen molar-refractivity contribution in [3.63, 3.8) is 0 Å². The molecule has 0 aromatic heterocycles. The Morgan fingerprint density at radius 2 is 1.66 bits per heavy atom. The fraction of sp³-hybridized carbons (Fsp3) is 0.238. The number of hydrazone groups is 1. The molecule has 0 saturated carbocycles. The number of hydrogen-bond acceptors (Lipinski definition) is 4. The highest BCUT2D eigenvalue weighted by Gasteiger charge is 2.08. The van der Waals surface area contributed by atoms with Crippen LogP contribution in [0.2, 0.25) is 0 Å². The molecule has 0 heterocycles. The molecular weight excluding hydrogens is 438 g/mol. The van der Waals surface area contributed by atoms with E-state index in [1.54, 1.807) is 30.3 Å². The second-order valence-corrected chi connectivity index (χ2v) is 7.09. The molecule has 3 N–H and O–H groups in total. The quantitative estimate of drug-likeness (QED) is 0.286. The van der Waals surface area contributed by atoms with Gasteiger partial charge in [0.25, 0.3) is 5.91 Å². The predicted molar refractivity (Wildman–Crippen MR) is 114 cm³/mol. The molecule has 0 spiro atoms. The van der Waals surface area contributed by atoms with Gasteiger partial charge in [-0.1, -0.05) is 36.8 Å². The second kappa shape index (κ2) is 11.8. The summed E-state index contributed by atoms with van der Waals surface area (Å²) in [6, 6.07) is 13.6. The number of carbonyl (C=O) groups is 3. The van der Waals surface area contributed by atoms with Gasteiger partial charge in [-0.25, -0.2) is 10.2 Å². The molecule has 0 atom stereocenters. The highest BCUT2D eigenvalue weighted by atomic mass is 79.9. The highest BCUT2D eigenvalue weighted by molar-refractivity contribution is 9.10. The van der Waals surface area contributed by atoms with Gasteiger partial charge in [-0.15, -0.1) is 0 Å². The van der Waals surface area contributed by atoms with E-state index >= 15 is 0 Å². The summed E-state index contributed by atoms with van der Waals surface area (Å²) >= 11 is 3.35. The normalized spacial score (nSPS) is 10.7. The van der Waals surface area contributed by atoms with Crippen LogP contribution in [0.15, 0.2) is 58.1 Å². The molecule has 152 valence electrons. The van der Waals surface area contributed by atoms with Gasteiger partial charge in [-0.2, -0.15) is 5.10 Å². The van der Waals surface area contributed by atoms with E-state index in [4.69, 9.17) is 5.11 Å². The highest BCUT2D eigenvalue weighted by Crippen LogP contribution is 2.15. The van der Waals surface area contributed by atoms with Gasteiger partial charge in [-0.3, -0.25) is 9.59 Å². The molecule has 29 heavy (non-hydrogen) atoms. The number of carbonyl (C=O) groups excluding carboxylic acids is 2. The molecule has 0 saturated heterocycles. The van der Waals surface area contributed by atoms with E-state index in [-0.39, 0.29) is 17.4 Å². The van der Waals surface area contributed by atoms with Crippen LogP contribution in [0, 0.1) is 0 Å². The lowest BCUT2D eigenvalue weighted by Gasteiger charge is -2.06. The number of hydrogen-bond donors (Lipinski definition) is 3. The molecule has 0 aliphatic rings. The Labute approximate surface area is 177 Å². The molecule has 0 radical (unpaired) electrons. The summed E-state index contributed by atoms with van der Waals surface area (Å²) in [7, 11) is 0. The molecule has 2 amide bonds. The third kappa shape index (κ3) is 7.50. The zero-order chi connectivity index (χ0) is 21.1. The first-order valence-electron chi connectivity index (χ1n) is 9.16. The molecule has 0 bridgehead atoms. The lowest BCUT2D eigenvalue weighted by molar-refractivity contribution is -0.121. The van der Waals surface area contributed by atoms with E-state index in [9.17, 15) is 14.4 Å². The van der Waals surface area contributed by atoms with Crippen LogP contribution >= 0.6 is 15.9 Å². The maximum Gasteiger partial charge on any atom is 0.336 e. The summed E-state index contributed by atoms with van der Waals surface area (Å²) in [4.78, 5) is 35.0. The molecule has 0 aliphatic carbocycles. The van der Waals surface area contributed by atoms with Crippen molar-refractivity contribution in [1.82, 2.24) is 10.7 Å². The molecular formula is C21H22BrN3O4. The van der Waals surface area contributed by atoms with E-state index in [0.717, 1.165) is 17.3 Å². The summed E-state index contributed by atoms with van der Waals surface area (Å²) in [5.74, 6) is -1.43. The summed E-state index contributed by atoms with van der Waals surface area (Å²) in [6.07, 6.45) is 3.83. The zero-order valence-corrected chi connectivity index (χ0v) is 17.3. The van der Waals surface area contributed by atoms with E-state index in [1.165, 1.54) is 12.3 Å². The summed E-state index contributed by atoms with van der Waals surface area (Å²) in [5, 5.41) is 15.8. The molecule has 8 heteroatoms. The molecule has 2 aromatic rings. The monoisotopic (exact) mass is 459 g/mol. The lowest BCUT2D eigenvalue weighted by Crippen LogP contribution is -2.24. The van der Waals surface area contributed by atoms with Crippen molar-refractivity contribution in [3.05, 3.63) is 69.7 Å². The van der Waals surface area contributed by atoms with Crippen molar-refractivity contribution >= 4 is 39.9 Å². The Morgan fingerprint density at radius 1 is 0.966 bits per heavy atom. The van der Waals surface area contributed by atoms with Crippen LogP contribution in [-0.4, -0.2) is 35.6 Å². The Morgan fingerprint density at radius 3 is 2.38 bits per heavy atom. The average molecular weight is 460 g/mol. The molecule has 2 rings (SSSR count). The Balaban J connectivity index is 1.62. The lowest BCUT2D eigenvalue weighted by atomic mass is 10.1. The standard InChI is InChI=1S/C21H22BrN3O4/c22-18-11-6-5-10-17(18)20(27)23-13-7-1-2-12-19(26)25-24-14-15-8-3-4-9-16(15)21(28)29/h3-6,8-11,14H,1-2,7,12-13H2,(H,23,27)(H,25,26)(H,28,29). The number of nitrogens with zero attached hydrogens (tertiary/aromatic N) is 1. The van der Waals surface area contributed by atoms with E-state index in [1.807, 2.05) is 12.1 Å². The van der Waals surface area contributed by atoms with Crippen molar-refractivity contribution in [3.8, 4) is 0 Å². The van der Waals surface area contributed by atoms with E-state index in [2.05, 4.69) is 31.8 Å². The van der Waals surface area contributed by atoms with Crippen LogP contribution in [0.1, 0.15) is 52.0 Å². The van der Waals surface area contributed by atoms with Crippen LogP contribution in [0.4, 0.5) is 0 Å². The topological polar surface area (TPSA) is 108 Å². The van der Waals surface area contributed by atoms with Gasteiger partial charge < -0.3 is 10.4 Å². The van der Waals surface area contributed by atoms with Gasteiger partial charge >= 0.3 is 5.97 Å². The molecule has 0 unspecified atom stereocenters. The average Bonchev–Trinajstić information content (AvgIpc) is 2.71. The molecule has 2 aromatic carbocycles. The van der Waals surface area contributed by atoms with Crippen LogP contribution in [0.3, 0.4) is 0 Å². The predicted octanol–water partition coefficient (Wildman–Crippen LogP) is 3.59. The largest absolute Gasteiger partial charge is 0.478 e. The van der Waals surface area contributed by atoms with Gasteiger partial charge in [0.2, 0.25) is 5.91 Å². The van der Waals surface area contributed by atoms with Gasteiger partial charge in [-0.05, 0) is 47.0 Å². The Hall–Kier alpha value is -3.00. The van der Waals surface area contributed by atoms with Crippen LogP contribution in [-0.2, 0) is 4.79 Å². The number of halogens is 1. The zero-order valence-electron chi connectivity index (χ0n) is 15.7. The van der Waals surface area contributed by atoms with Crippen LogP contribution in [0.25, 0.3) is 0 Å². The van der Waals surface area contributed by atoms with Crippen molar-refractivity contribution < 1.29 is 19.5 Å². The number of benzene rings is 2. The van der Waals surface area contributed by atoms with Gasteiger partial charge in [0, 0.05) is 23.0 Å². The summed E-state index contributed by atoms with van der Waals surface area (Å²) in [6.45, 7) is 0.534. The molecule has 0 fully saturated rings. The summed E-state index contributed by atoms with van der Waals surface area (Å²) < 4.78 is 0.751. The van der Waals surface area contributed by atoms with Crippen molar-refractivity contribution in [2.75, 3.05) is 6.54 Å². The van der Waals surface area contributed by atoms with Crippen molar-refractivity contribution in [2.24, 2.45) is 5.10 Å². The molecule has 7 nitrogen and oxygen atoms in total. The minimum absolute atomic E-state index is 0.120. The third-order valence-corrected chi connectivity index (χ3v) is 4.76. The van der Waals surface area contributed by atoms with Crippen molar-refractivity contribution in [1.29, 1.82) is 0 Å². The minimum atomic E-state index is -1.05.